The molecule has 0 N–H and O–H groups in total. The number of hydrogen-bond donors (Lipinski definition) is 0. The van der Waals surface area contributed by atoms with Gasteiger partial charge in [-0.05, 0) is 60.4 Å². The fourth-order valence-electron chi connectivity index (χ4n) is 3.62. The predicted octanol–water partition coefficient (Wildman–Crippen LogP) is 4.47. The summed E-state index contributed by atoms with van der Waals surface area (Å²) in [5.74, 6) is 1.70. The molecular weight excluding hydrogens is 272 g/mol. The third kappa shape index (κ3) is 2.89. The third-order valence-corrected chi connectivity index (χ3v) is 5.01. The lowest BCUT2D eigenvalue weighted by Crippen LogP contribution is -2.15. The number of rotatable bonds is 4. The van der Waals surface area contributed by atoms with Gasteiger partial charge >= 0.3 is 0 Å². The molecule has 1 aliphatic heterocycles. The van der Waals surface area contributed by atoms with E-state index in [1.54, 1.807) is 7.11 Å². The zero-order valence-corrected chi connectivity index (χ0v) is 13.0. The average molecular weight is 294 g/mol. The number of hydrogen-bond acceptors (Lipinski definition) is 2. The van der Waals surface area contributed by atoms with Crippen molar-refractivity contribution in [2.24, 2.45) is 5.92 Å². The molecule has 114 valence electrons. The summed E-state index contributed by atoms with van der Waals surface area (Å²) in [6.45, 7) is 0. The number of benzene rings is 2. The Morgan fingerprint density at radius 2 is 1.59 bits per heavy atom. The lowest BCUT2D eigenvalue weighted by Gasteiger charge is -2.18. The van der Waals surface area contributed by atoms with Crippen LogP contribution in [-0.2, 0) is 11.2 Å². The zero-order chi connectivity index (χ0) is 14.9. The SMILES string of the molecule is COc1ccc(-c2ccc(CC3CCC4OC4C3)cc2)cc1. The third-order valence-electron chi connectivity index (χ3n) is 5.01. The first-order valence-corrected chi connectivity index (χ1v) is 8.20. The van der Waals surface area contributed by atoms with Gasteiger partial charge in [0.1, 0.15) is 5.75 Å². The van der Waals surface area contributed by atoms with Crippen LogP contribution in [0.2, 0.25) is 0 Å². The van der Waals surface area contributed by atoms with E-state index in [4.69, 9.17) is 9.47 Å². The summed E-state index contributed by atoms with van der Waals surface area (Å²) in [6.07, 6.45) is 6.21. The van der Waals surface area contributed by atoms with Crippen molar-refractivity contribution in [2.75, 3.05) is 7.11 Å². The number of ether oxygens (including phenoxy) is 2. The smallest absolute Gasteiger partial charge is 0.118 e. The van der Waals surface area contributed by atoms with Gasteiger partial charge in [-0.3, -0.25) is 0 Å². The summed E-state index contributed by atoms with van der Waals surface area (Å²) in [4.78, 5) is 0. The van der Waals surface area contributed by atoms with Gasteiger partial charge in [-0.2, -0.15) is 0 Å². The molecular formula is C20H22O2. The van der Waals surface area contributed by atoms with E-state index in [2.05, 4.69) is 36.4 Å². The maximum atomic E-state index is 5.63. The molecule has 0 aromatic heterocycles. The second-order valence-corrected chi connectivity index (χ2v) is 6.52. The maximum Gasteiger partial charge on any atom is 0.118 e. The lowest BCUT2D eigenvalue weighted by molar-refractivity contribution is 0.360. The van der Waals surface area contributed by atoms with Crippen LogP contribution in [0, 0.1) is 5.92 Å². The van der Waals surface area contributed by atoms with Crippen LogP contribution in [0.15, 0.2) is 48.5 Å². The van der Waals surface area contributed by atoms with Gasteiger partial charge in [0.2, 0.25) is 0 Å². The van der Waals surface area contributed by atoms with E-state index in [1.807, 2.05) is 12.1 Å². The molecule has 4 rings (SSSR count). The molecule has 0 radical (unpaired) electrons. The van der Waals surface area contributed by atoms with Gasteiger partial charge in [-0.1, -0.05) is 36.4 Å². The number of epoxide rings is 1. The Morgan fingerprint density at radius 1 is 0.909 bits per heavy atom. The van der Waals surface area contributed by atoms with Crippen molar-refractivity contribution in [3.8, 4) is 16.9 Å². The van der Waals surface area contributed by atoms with Crippen molar-refractivity contribution in [3.05, 3.63) is 54.1 Å². The van der Waals surface area contributed by atoms with Crippen molar-refractivity contribution in [1.82, 2.24) is 0 Å². The molecule has 1 saturated heterocycles. The molecule has 3 unspecified atom stereocenters. The Bertz CT molecular complexity index is 630. The van der Waals surface area contributed by atoms with Crippen LogP contribution in [0.4, 0.5) is 0 Å². The molecule has 0 spiro atoms. The van der Waals surface area contributed by atoms with Gasteiger partial charge in [0.25, 0.3) is 0 Å². The van der Waals surface area contributed by atoms with E-state index in [0.717, 1.165) is 11.7 Å². The standard InChI is InChI=1S/C20H22O2/c1-21-18-9-7-17(8-10-18)16-5-2-14(3-6-16)12-15-4-11-19-20(13-15)22-19/h2-3,5-10,15,19-20H,4,11-13H2,1H3. The van der Waals surface area contributed by atoms with Crippen LogP contribution in [-0.4, -0.2) is 19.3 Å². The summed E-state index contributed by atoms with van der Waals surface area (Å²) in [6, 6.07) is 17.3. The summed E-state index contributed by atoms with van der Waals surface area (Å²) < 4.78 is 10.8. The zero-order valence-electron chi connectivity index (χ0n) is 13.0. The highest BCUT2D eigenvalue weighted by molar-refractivity contribution is 5.64. The fraction of sp³-hybridized carbons (Fsp3) is 0.400. The van der Waals surface area contributed by atoms with Gasteiger partial charge in [-0.15, -0.1) is 0 Å². The summed E-state index contributed by atoms with van der Waals surface area (Å²) in [5, 5.41) is 0. The molecule has 3 atom stereocenters. The van der Waals surface area contributed by atoms with E-state index < -0.39 is 0 Å². The van der Waals surface area contributed by atoms with Gasteiger partial charge < -0.3 is 9.47 Å². The lowest BCUT2D eigenvalue weighted by atomic mass is 9.84. The van der Waals surface area contributed by atoms with Crippen molar-refractivity contribution >= 4 is 0 Å². The molecule has 22 heavy (non-hydrogen) atoms. The monoisotopic (exact) mass is 294 g/mol. The second kappa shape index (κ2) is 5.77. The molecule has 1 saturated carbocycles. The molecule has 0 amide bonds. The topological polar surface area (TPSA) is 21.8 Å². The van der Waals surface area contributed by atoms with E-state index in [-0.39, 0.29) is 0 Å². The summed E-state index contributed by atoms with van der Waals surface area (Å²) >= 11 is 0. The quantitative estimate of drug-likeness (QED) is 0.776. The van der Waals surface area contributed by atoms with Crippen LogP contribution in [0.1, 0.15) is 24.8 Å². The number of methoxy groups -OCH3 is 1. The molecule has 2 aromatic rings. The van der Waals surface area contributed by atoms with Crippen LogP contribution >= 0.6 is 0 Å². The first-order valence-electron chi connectivity index (χ1n) is 8.20. The van der Waals surface area contributed by atoms with Crippen molar-refractivity contribution in [2.45, 2.75) is 37.9 Å². The highest BCUT2D eigenvalue weighted by Gasteiger charge is 2.43. The Balaban J connectivity index is 1.43. The fourth-order valence-corrected chi connectivity index (χ4v) is 3.62. The highest BCUT2D eigenvalue weighted by atomic mass is 16.6. The molecule has 1 aliphatic carbocycles. The Hall–Kier alpha value is -1.80. The minimum Gasteiger partial charge on any atom is -0.497 e. The van der Waals surface area contributed by atoms with Crippen LogP contribution in [0.5, 0.6) is 5.75 Å². The van der Waals surface area contributed by atoms with Crippen LogP contribution in [0.25, 0.3) is 11.1 Å². The van der Waals surface area contributed by atoms with E-state index in [0.29, 0.717) is 12.2 Å². The number of fused-ring (bicyclic) bond motifs is 1. The largest absolute Gasteiger partial charge is 0.497 e. The molecule has 0 bridgehead atoms. The maximum absolute atomic E-state index is 5.63. The molecule has 2 heteroatoms. The minimum absolute atomic E-state index is 0.581. The molecule has 2 nitrogen and oxygen atoms in total. The second-order valence-electron chi connectivity index (χ2n) is 6.52. The van der Waals surface area contributed by atoms with Crippen molar-refractivity contribution in [1.29, 1.82) is 0 Å². The van der Waals surface area contributed by atoms with E-state index in [9.17, 15) is 0 Å². The predicted molar refractivity (Wildman–Crippen MR) is 88.1 cm³/mol. The Labute approximate surface area is 132 Å². The van der Waals surface area contributed by atoms with Gasteiger partial charge in [0, 0.05) is 0 Å². The van der Waals surface area contributed by atoms with E-state index >= 15 is 0 Å². The van der Waals surface area contributed by atoms with E-state index in [1.165, 1.54) is 42.4 Å². The van der Waals surface area contributed by atoms with Crippen molar-refractivity contribution < 1.29 is 9.47 Å². The molecule has 1 heterocycles. The van der Waals surface area contributed by atoms with Gasteiger partial charge in [0.15, 0.2) is 0 Å². The summed E-state index contributed by atoms with van der Waals surface area (Å²) in [7, 11) is 1.70. The average Bonchev–Trinajstić information content (AvgIpc) is 3.34. The van der Waals surface area contributed by atoms with Crippen molar-refractivity contribution in [3.63, 3.8) is 0 Å². The molecule has 2 fully saturated rings. The Morgan fingerprint density at radius 3 is 2.23 bits per heavy atom. The minimum atomic E-state index is 0.581. The van der Waals surface area contributed by atoms with Gasteiger partial charge in [0.05, 0.1) is 19.3 Å². The normalized spacial score (nSPS) is 26.3. The summed E-state index contributed by atoms with van der Waals surface area (Å²) in [5.41, 5.74) is 3.95. The first-order chi connectivity index (χ1) is 10.8. The Kier molecular flexibility index (Phi) is 3.63. The van der Waals surface area contributed by atoms with Gasteiger partial charge in [-0.25, -0.2) is 0 Å². The molecule has 2 aromatic carbocycles. The van der Waals surface area contributed by atoms with Crippen LogP contribution in [0.3, 0.4) is 0 Å². The molecule has 2 aliphatic rings. The highest BCUT2D eigenvalue weighted by Crippen LogP contribution is 2.40. The van der Waals surface area contributed by atoms with Crippen LogP contribution < -0.4 is 4.74 Å². The first kappa shape index (κ1) is 13.8.